The Morgan fingerprint density at radius 3 is 2.76 bits per heavy atom. The maximum absolute atomic E-state index is 13.1. The molecule has 0 bridgehead atoms. The summed E-state index contributed by atoms with van der Waals surface area (Å²) in [6.45, 7) is 0.634. The molecule has 4 rings (SSSR count). The lowest BCUT2D eigenvalue weighted by molar-refractivity contribution is -0.274. The molecule has 176 valence electrons. The lowest BCUT2D eigenvalue weighted by Crippen LogP contribution is -2.40. The number of carbonyl (C=O) groups excluding carboxylic acids is 1. The molecule has 11 heteroatoms. The molecule has 33 heavy (non-hydrogen) atoms. The summed E-state index contributed by atoms with van der Waals surface area (Å²) >= 11 is 1.10. The van der Waals surface area contributed by atoms with E-state index in [1.165, 1.54) is 30.2 Å². The first-order valence-electron chi connectivity index (χ1n) is 10.2. The highest BCUT2D eigenvalue weighted by Crippen LogP contribution is 2.34. The molecule has 1 aromatic heterocycles. The molecule has 0 spiro atoms. The molecule has 1 unspecified atom stereocenters. The van der Waals surface area contributed by atoms with Crippen LogP contribution in [0.2, 0.25) is 0 Å². The fourth-order valence-corrected chi connectivity index (χ4v) is 4.42. The van der Waals surface area contributed by atoms with Crippen LogP contribution in [0.5, 0.6) is 17.2 Å². The first kappa shape index (κ1) is 23.1. The van der Waals surface area contributed by atoms with E-state index in [1.54, 1.807) is 24.3 Å². The van der Waals surface area contributed by atoms with Gasteiger partial charge in [0, 0.05) is 18.7 Å². The van der Waals surface area contributed by atoms with E-state index in [4.69, 9.17) is 14.2 Å². The highest BCUT2D eigenvalue weighted by atomic mass is 32.1. The molecule has 0 N–H and O–H groups in total. The number of thiazole rings is 1. The van der Waals surface area contributed by atoms with Crippen molar-refractivity contribution in [2.45, 2.75) is 25.3 Å². The van der Waals surface area contributed by atoms with Gasteiger partial charge in [0.2, 0.25) is 0 Å². The first-order valence-corrected chi connectivity index (χ1v) is 11.0. The number of carbonyl (C=O) groups is 1. The Hall–Kier alpha value is -3.05. The molecular formula is C22H21F3N2O5S. The summed E-state index contributed by atoms with van der Waals surface area (Å²) in [5.74, 6) is 0.375. The van der Waals surface area contributed by atoms with Gasteiger partial charge in [0.05, 0.1) is 30.0 Å². The first-order chi connectivity index (χ1) is 15.8. The summed E-state index contributed by atoms with van der Waals surface area (Å²) in [5.41, 5.74) is 0.461. The third kappa shape index (κ3) is 6.05. The van der Waals surface area contributed by atoms with Crippen molar-refractivity contribution in [3.8, 4) is 17.2 Å². The number of alkyl halides is 3. The van der Waals surface area contributed by atoms with Crippen LogP contribution in [0.1, 0.15) is 12.8 Å². The minimum atomic E-state index is -4.79. The van der Waals surface area contributed by atoms with Gasteiger partial charge in [-0.15, -0.1) is 13.2 Å². The molecule has 2 aromatic carbocycles. The van der Waals surface area contributed by atoms with Crippen LogP contribution in [0, 0.1) is 0 Å². The van der Waals surface area contributed by atoms with Crippen molar-refractivity contribution in [2.75, 3.05) is 31.8 Å². The van der Waals surface area contributed by atoms with E-state index in [0.29, 0.717) is 33.5 Å². The summed E-state index contributed by atoms with van der Waals surface area (Å²) < 4.78 is 58.6. The van der Waals surface area contributed by atoms with Crippen LogP contribution in [0.4, 0.5) is 18.3 Å². The van der Waals surface area contributed by atoms with Crippen LogP contribution in [-0.4, -0.2) is 50.2 Å². The van der Waals surface area contributed by atoms with Crippen LogP contribution in [0.25, 0.3) is 10.2 Å². The van der Waals surface area contributed by atoms with Gasteiger partial charge in [-0.05, 0) is 37.1 Å². The maximum atomic E-state index is 13.1. The second-order valence-corrected chi connectivity index (χ2v) is 8.29. The molecular weight excluding hydrogens is 461 g/mol. The van der Waals surface area contributed by atoms with Crippen LogP contribution in [-0.2, 0) is 9.53 Å². The van der Waals surface area contributed by atoms with Crippen molar-refractivity contribution in [3.05, 3.63) is 42.5 Å². The highest BCUT2D eigenvalue weighted by Gasteiger charge is 2.31. The van der Waals surface area contributed by atoms with Crippen LogP contribution < -0.4 is 19.1 Å². The van der Waals surface area contributed by atoms with Crippen LogP contribution in [0.15, 0.2) is 42.5 Å². The van der Waals surface area contributed by atoms with E-state index in [1.807, 2.05) is 0 Å². The standard InChI is InChI=1S/C22H21F3N2O5S/c1-29-14-4-2-5-15(10-14)31-13-20(28)27(12-17-6-3-9-30-17)21-26-18-8-7-16(11-19(18)33-21)32-22(23,24)25/h2,4-5,7-8,10-11,17H,3,6,9,12-13H2,1H3. The zero-order valence-corrected chi connectivity index (χ0v) is 18.4. The van der Waals surface area contributed by atoms with Crippen LogP contribution in [0.3, 0.4) is 0 Å². The molecule has 2 heterocycles. The molecule has 1 aliphatic rings. The Morgan fingerprint density at radius 2 is 2.03 bits per heavy atom. The Bertz CT molecular complexity index is 1110. The number of methoxy groups -OCH3 is 1. The number of hydrogen-bond donors (Lipinski definition) is 0. The van der Waals surface area contributed by atoms with Crippen molar-refractivity contribution < 1.29 is 36.9 Å². The van der Waals surface area contributed by atoms with Crippen LogP contribution >= 0.6 is 11.3 Å². The fourth-order valence-electron chi connectivity index (χ4n) is 3.40. The van der Waals surface area contributed by atoms with Crippen molar-refractivity contribution in [3.63, 3.8) is 0 Å². The van der Waals surface area contributed by atoms with E-state index in [9.17, 15) is 18.0 Å². The SMILES string of the molecule is COc1cccc(OCC(=O)N(CC2CCCO2)c2nc3ccc(OC(F)(F)F)cc3s2)c1. The Balaban J connectivity index is 1.55. The summed E-state index contributed by atoms with van der Waals surface area (Å²) in [7, 11) is 1.53. The second kappa shape index (κ2) is 9.84. The van der Waals surface area contributed by atoms with Gasteiger partial charge in [0.25, 0.3) is 5.91 Å². The van der Waals surface area contributed by atoms with Gasteiger partial charge in [-0.2, -0.15) is 0 Å². The van der Waals surface area contributed by atoms with Crippen molar-refractivity contribution in [1.29, 1.82) is 0 Å². The van der Waals surface area contributed by atoms with E-state index in [-0.39, 0.29) is 30.9 Å². The molecule has 1 fully saturated rings. The van der Waals surface area contributed by atoms with Gasteiger partial charge < -0.3 is 18.9 Å². The lowest BCUT2D eigenvalue weighted by atomic mass is 10.2. The predicted molar refractivity (Wildman–Crippen MR) is 116 cm³/mol. The van der Waals surface area contributed by atoms with Crippen molar-refractivity contribution in [2.24, 2.45) is 0 Å². The monoisotopic (exact) mass is 482 g/mol. The van der Waals surface area contributed by atoms with E-state index < -0.39 is 6.36 Å². The topological polar surface area (TPSA) is 70.1 Å². The molecule has 0 saturated carbocycles. The van der Waals surface area contributed by atoms with Gasteiger partial charge in [-0.3, -0.25) is 9.69 Å². The van der Waals surface area contributed by atoms with Gasteiger partial charge in [0.15, 0.2) is 11.7 Å². The molecule has 0 radical (unpaired) electrons. The lowest BCUT2D eigenvalue weighted by Gasteiger charge is -2.23. The molecule has 1 amide bonds. The average molecular weight is 482 g/mol. The molecule has 7 nitrogen and oxygen atoms in total. The molecule has 3 aromatic rings. The number of halogens is 3. The quantitative estimate of drug-likeness (QED) is 0.460. The molecule has 1 aliphatic heterocycles. The van der Waals surface area contributed by atoms with Gasteiger partial charge in [-0.1, -0.05) is 17.4 Å². The highest BCUT2D eigenvalue weighted by molar-refractivity contribution is 7.22. The minimum Gasteiger partial charge on any atom is -0.497 e. The minimum absolute atomic E-state index is 0.151. The number of benzene rings is 2. The number of fused-ring (bicyclic) bond motifs is 1. The van der Waals surface area contributed by atoms with E-state index in [2.05, 4.69) is 9.72 Å². The summed E-state index contributed by atoms with van der Waals surface area (Å²) in [6, 6.07) is 10.8. The third-order valence-corrected chi connectivity index (χ3v) is 5.97. The third-order valence-electron chi connectivity index (χ3n) is 4.93. The summed E-state index contributed by atoms with van der Waals surface area (Å²) in [6.07, 6.45) is -3.25. The second-order valence-electron chi connectivity index (χ2n) is 7.28. The largest absolute Gasteiger partial charge is 0.573 e. The maximum Gasteiger partial charge on any atom is 0.573 e. The van der Waals surface area contributed by atoms with E-state index in [0.717, 1.165) is 24.2 Å². The number of ether oxygens (including phenoxy) is 4. The van der Waals surface area contributed by atoms with Crippen molar-refractivity contribution >= 4 is 32.6 Å². The number of rotatable bonds is 8. The number of amides is 1. The Morgan fingerprint density at radius 1 is 1.21 bits per heavy atom. The normalized spacial score (nSPS) is 16.1. The van der Waals surface area contributed by atoms with Gasteiger partial charge in [0.1, 0.15) is 17.2 Å². The van der Waals surface area contributed by atoms with Gasteiger partial charge >= 0.3 is 6.36 Å². The van der Waals surface area contributed by atoms with Crippen molar-refractivity contribution in [1.82, 2.24) is 4.98 Å². The van der Waals surface area contributed by atoms with Gasteiger partial charge in [-0.25, -0.2) is 4.98 Å². The Labute approximate surface area is 191 Å². The number of aromatic nitrogens is 1. The average Bonchev–Trinajstić information content (AvgIpc) is 3.44. The van der Waals surface area contributed by atoms with E-state index >= 15 is 0 Å². The summed E-state index contributed by atoms with van der Waals surface area (Å²) in [5, 5.41) is 0.351. The molecule has 1 saturated heterocycles. The fraction of sp³-hybridized carbons (Fsp3) is 0.364. The molecule has 0 aliphatic carbocycles. The summed E-state index contributed by atoms with van der Waals surface area (Å²) in [4.78, 5) is 19.0. The number of anilines is 1. The zero-order chi connectivity index (χ0) is 23.4. The smallest absolute Gasteiger partial charge is 0.497 e. The number of hydrogen-bond acceptors (Lipinski definition) is 7. The zero-order valence-electron chi connectivity index (χ0n) is 17.6. The Kier molecular flexibility index (Phi) is 6.89. The predicted octanol–water partition coefficient (Wildman–Crippen LogP) is 4.79. The number of nitrogens with zero attached hydrogens (tertiary/aromatic N) is 2. The molecule has 1 atom stereocenters.